The molecule has 30 heavy (non-hydrogen) atoms. The number of hydrogen-bond acceptors (Lipinski definition) is 0. The number of benzene rings is 2. The van der Waals surface area contributed by atoms with Crippen LogP contribution in [0.25, 0.3) is 11.1 Å². The molecule has 158 valence electrons. The van der Waals surface area contributed by atoms with E-state index in [1.165, 1.54) is 22.3 Å². The van der Waals surface area contributed by atoms with Gasteiger partial charge >= 0.3 is 187 Å². The van der Waals surface area contributed by atoms with Crippen molar-refractivity contribution in [2.75, 3.05) is 0 Å². The summed E-state index contributed by atoms with van der Waals surface area (Å²) in [6, 6.07) is 12.1. The normalized spacial score (nSPS) is 16.5. The summed E-state index contributed by atoms with van der Waals surface area (Å²) in [5.74, 6) is 0. The number of allylic oxidation sites excluding steroid dienone is 4. The van der Waals surface area contributed by atoms with Gasteiger partial charge in [-0.25, -0.2) is 0 Å². The Balaban J connectivity index is 2.00. The minimum atomic E-state index is -3.31. The van der Waals surface area contributed by atoms with Crippen molar-refractivity contribution in [2.45, 2.75) is 74.5 Å². The van der Waals surface area contributed by atoms with Gasteiger partial charge in [-0.2, -0.15) is 0 Å². The molecular formula is C28H38SiZr. The topological polar surface area (TPSA) is 0 Å². The molecule has 0 heterocycles. The second-order valence-electron chi connectivity index (χ2n) is 12.6. The first-order chi connectivity index (χ1) is 13.7. The molecule has 0 atom stereocenters. The molecule has 0 saturated carbocycles. The third-order valence-electron chi connectivity index (χ3n) is 7.35. The Morgan fingerprint density at radius 3 is 2.10 bits per heavy atom. The molecule has 0 aliphatic heterocycles. The molecule has 0 bridgehead atoms. The van der Waals surface area contributed by atoms with Crippen molar-refractivity contribution < 1.29 is 17.4 Å². The Bertz CT molecular complexity index is 1170. The van der Waals surface area contributed by atoms with Gasteiger partial charge in [-0.3, -0.25) is 0 Å². The van der Waals surface area contributed by atoms with Crippen molar-refractivity contribution >= 4 is 10.2 Å². The summed E-state index contributed by atoms with van der Waals surface area (Å²) in [6.45, 7) is 16.5. The van der Waals surface area contributed by atoms with Crippen molar-refractivity contribution in [2.24, 2.45) is 0 Å². The third kappa shape index (κ3) is 3.53. The average Bonchev–Trinajstić information content (AvgIpc) is 3.26. The summed E-state index contributed by atoms with van der Waals surface area (Å²) in [7, 11) is 0. The first-order valence-corrected chi connectivity index (χ1v) is 24.7. The summed E-state index contributed by atoms with van der Waals surface area (Å²) in [5.41, 5.74) is 9.51. The molecular weight excluding hydrogens is 456 g/mol. The SMILES string of the molecule is CC(C)(C)c1ccc2c(c1)Cc1c-2ccc(C(C)(C)C)[c]1[Zr]([CH3])([CH3])(=[SiH2])[C]1=CC=CC1. The maximum atomic E-state index is 2.67. The van der Waals surface area contributed by atoms with Gasteiger partial charge in [0, 0.05) is 0 Å². The van der Waals surface area contributed by atoms with Gasteiger partial charge in [0.15, 0.2) is 0 Å². The number of rotatable bonds is 2. The summed E-state index contributed by atoms with van der Waals surface area (Å²) < 4.78 is 8.85. The molecule has 4 rings (SSSR count). The third-order valence-corrected chi connectivity index (χ3v) is 23.5. The Morgan fingerprint density at radius 2 is 1.53 bits per heavy atom. The van der Waals surface area contributed by atoms with Crippen molar-refractivity contribution in [3.8, 4) is 11.1 Å². The van der Waals surface area contributed by atoms with Gasteiger partial charge in [0.2, 0.25) is 0 Å². The zero-order valence-corrected chi connectivity index (χ0v) is 24.1. The predicted octanol–water partition coefficient (Wildman–Crippen LogP) is 6.66. The van der Waals surface area contributed by atoms with Crippen molar-refractivity contribution in [3.63, 3.8) is 0 Å². The zero-order valence-electron chi connectivity index (χ0n) is 20.2. The van der Waals surface area contributed by atoms with Gasteiger partial charge in [0.25, 0.3) is 0 Å². The van der Waals surface area contributed by atoms with Gasteiger partial charge in [-0.1, -0.05) is 0 Å². The molecule has 2 aromatic rings. The molecule has 0 N–H and O–H groups in total. The average molecular weight is 494 g/mol. The van der Waals surface area contributed by atoms with Crippen LogP contribution in [0, 0.1) is 0 Å². The zero-order chi connectivity index (χ0) is 22.1. The van der Waals surface area contributed by atoms with E-state index in [2.05, 4.69) is 106 Å². The van der Waals surface area contributed by atoms with E-state index in [9.17, 15) is 0 Å². The second kappa shape index (κ2) is 6.76. The van der Waals surface area contributed by atoms with E-state index in [0.29, 0.717) is 0 Å². The molecule has 0 fully saturated rings. The van der Waals surface area contributed by atoms with Crippen molar-refractivity contribution in [1.82, 2.24) is 0 Å². The van der Waals surface area contributed by atoms with Gasteiger partial charge < -0.3 is 0 Å². The fourth-order valence-corrected chi connectivity index (χ4v) is 19.8. The molecule has 2 aromatic carbocycles. The van der Waals surface area contributed by atoms with Crippen molar-refractivity contribution in [3.05, 3.63) is 74.1 Å². The van der Waals surface area contributed by atoms with E-state index in [1.54, 1.807) is 17.7 Å². The number of fused-ring (bicyclic) bond motifs is 3. The molecule has 0 nitrogen and oxygen atoms in total. The molecule has 0 spiro atoms. The Morgan fingerprint density at radius 1 is 0.867 bits per heavy atom. The van der Waals surface area contributed by atoms with E-state index in [-0.39, 0.29) is 10.8 Å². The minimum absolute atomic E-state index is 0.157. The molecule has 0 radical (unpaired) electrons. The first-order valence-electron chi connectivity index (χ1n) is 11.4. The van der Waals surface area contributed by atoms with Gasteiger partial charge in [-0.15, -0.1) is 0 Å². The Kier molecular flexibility index (Phi) is 5.01. The molecule has 0 unspecified atom stereocenters. The van der Waals surface area contributed by atoms with E-state index >= 15 is 0 Å². The molecule has 0 amide bonds. The van der Waals surface area contributed by atoms with E-state index in [4.69, 9.17) is 0 Å². The van der Waals surface area contributed by atoms with E-state index in [0.717, 1.165) is 12.8 Å². The Labute approximate surface area is 186 Å². The fraction of sp³-hybridized carbons (Fsp3) is 0.429. The quantitative estimate of drug-likeness (QED) is 0.350. The van der Waals surface area contributed by atoms with Gasteiger partial charge in [-0.05, 0) is 0 Å². The summed E-state index contributed by atoms with van der Waals surface area (Å²) in [6.07, 6.45) is 9.33. The fourth-order valence-electron chi connectivity index (χ4n) is 5.49. The maximum absolute atomic E-state index is 3.31. The molecule has 2 heteroatoms. The monoisotopic (exact) mass is 492 g/mol. The molecule has 2 aliphatic rings. The molecule has 2 aliphatic carbocycles. The van der Waals surface area contributed by atoms with Crippen LogP contribution in [0.1, 0.15) is 70.2 Å². The van der Waals surface area contributed by atoms with Crippen LogP contribution in [0.2, 0.25) is 9.26 Å². The van der Waals surface area contributed by atoms with Crippen LogP contribution in [0.5, 0.6) is 0 Å². The van der Waals surface area contributed by atoms with Crippen molar-refractivity contribution in [1.29, 1.82) is 0 Å². The van der Waals surface area contributed by atoms with Crippen LogP contribution in [0.3, 0.4) is 0 Å². The van der Waals surface area contributed by atoms with Gasteiger partial charge in [0.1, 0.15) is 0 Å². The van der Waals surface area contributed by atoms with Crippen LogP contribution in [-0.2, 0) is 34.6 Å². The van der Waals surface area contributed by atoms with Crippen LogP contribution >= 0.6 is 0 Å². The number of hydrogen-bond donors (Lipinski definition) is 0. The molecule has 0 saturated heterocycles. The van der Waals surface area contributed by atoms with Crippen LogP contribution in [-0.4, -0.2) is 6.88 Å². The summed E-state index contributed by atoms with van der Waals surface area (Å²) >= 11 is -3.31. The summed E-state index contributed by atoms with van der Waals surface area (Å²) in [5, 5.41) is 0. The van der Waals surface area contributed by atoms with E-state index in [1.807, 2.05) is 0 Å². The van der Waals surface area contributed by atoms with Crippen LogP contribution < -0.4 is 3.27 Å². The van der Waals surface area contributed by atoms with E-state index < -0.39 is 17.4 Å². The summed E-state index contributed by atoms with van der Waals surface area (Å²) in [4.78, 5) is 0. The van der Waals surface area contributed by atoms with Gasteiger partial charge in [0.05, 0.1) is 0 Å². The van der Waals surface area contributed by atoms with Crippen LogP contribution in [0.4, 0.5) is 0 Å². The van der Waals surface area contributed by atoms with Crippen LogP contribution in [0.15, 0.2) is 51.8 Å². The first kappa shape index (κ1) is 22.2. The Hall–Kier alpha value is -0.980. The predicted molar refractivity (Wildman–Crippen MR) is 134 cm³/mol. The standard InChI is InChI=1S/C21H25.C5H5.2CH3.H2Si.Zr/c1-20(2,3)16-7-9-18-14(12-16)11-15-13-17(21(4,5)6)8-10-19(15)18;1-2-4-5-3-1;;;;/h7-10,12H,11H2,1-6H3;1-3H,4H2;2*1H3;1H2;. The molecule has 0 aromatic heterocycles. The second-order valence-corrected chi connectivity index (χ2v) is 41.1.